The molecule has 0 rings (SSSR count). The second kappa shape index (κ2) is 12.9. The third-order valence-corrected chi connectivity index (χ3v) is 2.24. The summed E-state index contributed by atoms with van der Waals surface area (Å²) in [5.74, 6) is 0. The van der Waals surface area contributed by atoms with E-state index in [1.807, 2.05) is 0 Å². The molecule has 1 N–H and O–H groups in total. The summed E-state index contributed by atoms with van der Waals surface area (Å²) in [5.41, 5.74) is 0. The average Bonchev–Trinajstić information content (AvgIpc) is 2.25. The fourth-order valence-corrected chi connectivity index (χ4v) is 1.36. The molecular weight excluding hydrogens is 202 g/mol. The van der Waals surface area contributed by atoms with Gasteiger partial charge in [0, 0.05) is 19.3 Å². The molecule has 0 aliphatic heterocycles. The molecule has 0 spiro atoms. The first-order valence-electron chi connectivity index (χ1n) is 6.66. The van der Waals surface area contributed by atoms with Gasteiger partial charge < -0.3 is 14.8 Å². The second-order valence-corrected chi connectivity index (χ2v) is 4.39. The summed E-state index contributed by atoms with van der Waals surface area (Å²) in [5, 5.41) is 3.41. The van der Waals surface area contributed by atoms with Crippen molar-refractivity contribution in [2.24, 2.45) is 0 Å². The molecule has 0 saturated carbocycles. The van der Waals surface area contributed by atoms with Gasteiger partial charge in [-0.1, -0.05) is 20.8 Å². The van der Waals surface area contributed by atoms with Crippen molar-refractivity contribution in [2.45, 2.75) is 52.5 Å². The minimum absolute atomic E-state index is 0.604. The van der Waals surface area contributed by atoms with Crippen LogP contribution in [0.15, 0.2) is 0 Å². The Morgan fingerprint density at radius 2 is 1.56 bits per heavy atom. The normalized spacial score (nSPS) is 11.2. The predicted molar refractivity (Wildman–Crippen MR) is 68.9 cm³/mol. The summed E-state index contributed by atoms with van der Waals surface area (Å²) in [6.07, 6.45) is 4.74. The minimum atomic E-state index is 0.604. The topological polar surface area (TPSA) is 30.5 Å². The van der Waals surface area contributed by atoms with Crippen molar-refractivity contribution in [1.29, 1.82) is 0 Å². The van der Waals surface area contributed by atoms with Crippen molar-refractivity contribution < 1.29 is 9.47 Å². The van der Waals surface area contributed by atoms with E-state index in [1.165, 1.54) is 12.8 Å². The highest BCUT2D eigenvalue weighted by Crippen LogP contribution is 1.95. The van der Waals surface area contributed by atoms with Crippen molar-refractivity contribution in [3.8, 4) is 0 Å². The van der Waals surface area contributed by atoms with E-state index in [0.29, 0.717) is 6.04 Å². The van der Waals surface area contributed by atoms with Crippen molar-refractivity contribution in [3.63, 3.8) is 0 Å². The Kier molecular flexibility index (Phi) is 12.9. The molecule has 0 saturated heterocycles. The maximum Gasteiger partial charge on any atom is 0.0700 e. The molecule has 0 aliphatic carbocycles. The highest BCUT2D eigenvalue weighted by atomic mass is 16.5. The Bertz CT molecular complexity index is 129. The first-order valence-corrected chi connectivity index (χ1v) is 6.66. The molecule has 0 radical (unpaired) electrons. The summed E-state index contributed by atoms with van der Waals surface area (Å²) in [4.78, 5) is 0. The smallest absolute Gasteiger partial charge is 0.0700 e. The van der Waals surface area contributed by atoms with Crippen LogP contribution in [-0.2, 0) is 9.47 Å². The third-order valence-electron chi connectivity index (χ3n) is 2.24. The lowest BCUT2D eigenvalue weighted by Crippen LogP contribution is -2.23. The van der Waals surface area contributed by atoms with E-state index >= 15 is 0 Å². The van der Waals surface area contributed by atoms with E-state index in [2.05, 4.69) is 26.1 Å². The van der Waals surface area contributed by atoms with Crippen LogP contribution in [0.25, 0.3) is 0 Å². The number of nitrogens with one attached hydrogen (secondary N) is 1. The molecule has 0 fully saturated rings. The largest absolute Gasteiger partial charge is 0.379 e. The average molecular weight is 231 g/mol. The first kappa shape index (κ1) is 15.9. The van der Waals surface area contributed by atoms with Gasteiger partial charge in [0.05, 0.1) is 13.2 Å². The molecule has 0 unspecified atom stereocenters. The lowest BCUT2D eigenvalue weighted by atomic mass is 10.2. The van der Waals surface area contributed by atoms with Crippen LogP contribution < -0.4 is 5.32 Å². The maximum atomic E-state index is 5.46. The molecule has 0 aromatic carbocycles. The number of rotatable bonds is 12. The molecule has 0 heterocycles. The van der Waals surface area contributed by atoms with E-state index in [4.69, 9.17) is 9.47 Å². The van der Waals surface area contributed by atoms with Crippen LogP contribution in [0.2, 0.25) is 0 Å². The van der Waals surface area contributed by atoms with Gasteiger partial charge in [-0.3, -0.25) is 0 Å². The molecule has 0 amide bonds. The minimum Gasteiger partial charge on any atom is -0.379 e. The number of hydrogen-bond acceptors (Lipinski definition) is 3. The van der Waals surface area contributed by atoms with Crippen LogP contribution in [0.4, 0.5) is 0 Å². The Labute approximate surface area is 101 Å². The zero-order valence-corrected chi connectivity index (χ0v) is 11.3. The molecule has 3 nitrogen and oxygen atoms in total. The standard InChI is InChI=1S/C13H29NO2/c1-4-9-15-11-12-16-10-7-5-6-8-14-13(2)3/h13-14H,4-12H2,1-3H3. The molecule has 3 heteroatoms. The Balaban J connectivity index is 2.88. The summed E-state index contributed by atoms with van der Waals surface area (Å²) in [7, 11) is 0. The van der Waals surface area contributed by atoms with Gasteiger partial charge >= 0.3 is 0 Å². The molecule has 16 heavy (non-hydrogen) atoms. The number of ether oxygens (including phenoxy) is 2. The number of unbranched alkanes of at least 4 members (excludes halogenated alkanes) is 2. The second-order valence-electron chi connectivity index (χ2n) is 4.39. The first-order chi connectivity index (χ1) is 7.77. The van der Waals surface area contributed by atoms with Gasteiger partial charge in [0.25, 0.3) is 0 Å². The van der Waals surface area contributed by atoms with Crippen LogP contribution in [0, 0.1) is 0 Å². The predicted octanol–water partition coefficient (Wildman–Crippen LogP) is 2.60. The maximum absolute atomic E-state index is 5.46. The SMILES string of the molecule is CCCOCCOCCCCCNC(C)C. The number of hydrogen-bond donors (Lipinski definition) is 1. The zero-order chi connectivity index (χ0) is 12.1. The highest BCUT2D eigenvalue weighted by molar-refractivity contribution is 4.52. The van der Waals surface area contributed by atoms with Crippen LogP contribution >= 0.6 is 0 Å². The Morgan fingerprint density at radius 1 is 0.875 bits per heavy atom. The van der Waals surface area contributed by atoms with Crippen molar-refractivity contribution in [2.75, 3.05) is 33.0 Å². The summed E-state index contributed by atoms with van der Waals surface area (Å²) in [6.45, 7) is 10.8. The van der Waals surface area contributed by atoms with E-state index in [9.17, 15) is 0 Å². The summed E-state index contributed by atoms with van der Waals surface area (Å²) >= 11 is 0. The van der Waals surface area contributed by atoms with E-state index in [0.717, 1.165) is 45.8 Å². The van der Waals surface area contributed by atoms with Crippen molar-refractivity contribution >= 4 is 0 Å². The van der Waals surface area contributed by atoms with Crippen molar-refractivity contribution in [1.82, 2.24) is 5.32 Å². The third kappa shape index (κ3) is 13.9. The monoisotopic (exact) mass is 231 g/mol. The quantitative estimate of drug-likeness (QED) is 0.524. The zero-order valence-electron chi connectivity index (χ0n) is 11.3. The van der Waals surface area contributed by atoms with Gasteiger partial charge in [-0.15, -0.1) is 0 Å². The van der Waals surface area contributed by atoms with Gasteiger partial charge in [-0.2, -0.15) is 0 Å². The lowest BCUT2D eigenvalue weighted by Gasteiger charge is -2.08. The van der Waals surface area contributed by atoms with Crippen LogP contribution in [0.3, 0.4) is 0 Å². The molecule has 0 atom stereocenters. The molecule has 0 bridgehead atoms. The van der Waals surface area contributed by atoms with E-state index in [1.54, 1.807) is 0 Å². The summed E-state index contributed by atoms with van der Waals surface area (Å²) < 4.78 is 10.8. The van der Waals surface area contributed by atoms with Gasteiger partial charge in [0.1, 0.15) is 0 Å². The van der Waals surface area contributed by atoms with Gasteiger partial charge in [0.2, 0.25) is 0 Å². The highest BCUT2D eigenvalue weighted by Gasteiger charge is 1.93. The van der Waals surface area contributed by atoms with Crippen LogP contribution in [-0.4, -0.2) is 39.0 Å². The van der Waals surface area contributed by atoms with E-state index < -0.39 is 0 Å². The van der Waals surface area contributed by atoms with Gasteiger partial charge in [0.15, 0.2) is 0 Å². The molecule has 98 valence electrons. The summed E-state index contributed by atoms with van der Waals surface area (Å²) in [6, 6.07) is 0.604. The van der Waals surface area contributed by atoms with Crippen LogP contribution in [0.5, 0.6) is 0 Å². The molecular formula is C13H29NO2. The Hall–Kier alpha value is -0.120. The van der Waals surface area contributed by atoms with Gasteiger partial charge in [-0.05, 0) is 32.2 Å². The van der Waals surface area contributed by atoms with Crippen molar-refractivity contribution in [3.05, 3.63) is 0 Å². The fraction of sp³-hybridized carbons (Fsp3) is 1.00. The molecule has 0 aliphatic rings. The Morgan fingerprint density at radius 3 is 2.19 bits per heavy atom. The molecule has 0 aromatic rings. The molecule has 0 aromatic heterocycles. The fourth-order valence-electron chi connectivity index (χ4n) is 1.36. The van der Waals surface area contributed by atoms with Gasteiger partial charge in [-0.25, -0.2) is 0 Å². The van der Waals surface area contributed by atoms with Crippen LogP contribution in [0.1, 0.15) is 46.5 Å². The van der Waals surface area contributed by atoms with E-state index in [-0.39, 0.29) is 0 Å². The lowest BCUT2D eigenvalue weighted by molar-refractivity contribution is 0.0466.